The highest BCUT2D eigenvalue weighted by Crippen LogP contribution is 2.36. The van der Waals surface area contributed by atoms with Crippen LogP contribution in [0.4, 0.5) is 5.69 Å². The van der Waals surface area contributed by atoms with Crippen LogP contribution in [-0.2, 0) is 9.59 Å². The highest BCUT2D eigenvalue weighted by molar-refractivity contribution is 6.30. The van der Waals surface area contributed by atoms with E-state index in [4.69, 9.17) is 16.3 Å². The number of likely N-dealkylation sites (tertiary alicyclic amines) is 1. The Morgan fingerprint density at radius 3 is 2.07 bits per heavy atom. The number of carbonyl (C=O) groups excluding carboxylic acids is 4. The van der Waals surface area contributed by atoms with Crippen LogP contribution < -0.4 is 15.0 Å². The minimum Gasteiger partial charge on any atom is -0.492 e. The zero-order valence-electron chi connectivity index (χ0n) is 32.3. The summed E-state index contributed by atoms with van der Waals surface area (Å²) >= 11 is 6.26. The molecule has 10 nitrogen and oxygen atoms in total. The molecule has 11 heteroatoms. The number of imide groups is 2. The van der Waals surface area contributed by atoms with Gasteiger partial charge in [-0.05, 0) is 109 Å². The number of halogens is 1. The van der Waals surface area contributed by atoms with Gasteiger partial charge >= 0.3 is 0 Å². The van der Waals surface area contributed by atoms with Crippen molar-refractivity contribution >= 4 is 52.1 Å². The first-order valence-corrected chi connectivity index (χ1v) is 20.5. The maximum atomic E-state index is 13.3. The maximum Gasteiger partial charge on any atom is 0.262 e. The molecule has 0 spiro atoms. The number of anilines is 1. The van der Waals surface area contributed by atoms with Gasteiger partial charge in [-0.1, -0.05) is 73.1 Å². The van der Waals surface area contributed by atoms with Crippen LogP contribution in [0.1, 0.15) is 76.4 Å². The molecule has 0 aromatic heterocycles. The molecule has 4 aliphatic rings. The molecule has 4 heterocycles. The molecule has 1 N–H and O–H groups in total. The Hall–Kier alpha value is -5.29. The molecule has 8 rings (SSSR count). The van der Waals surface area contributed by atoms with E-state index in [-0.39, 0.29) is 18.7 Å². The minimum absolute atomic E-state index is 0.102. The van der Waals surface area contributed by atoms with Crippen LogP contribution in [0.3, 0.4) is 0 Å². The smallest absolute Gasteiger partial charge is 0.262 e. The molecule has 0 bridgehead atoms. The van der Waals surface area contributed by atoms with Gasteiger partial charge in [0.25, 0.3) is 11.8 Å². The van der Waals surface area contributed by atoms with Crippen molar-refractivity contribution in [3.8, 4) is 5.75 Å². The van der Waals surface area contributed by atoms with Crippen LogP contribution in [0.25, 0.3) is 11.1 Å². The number of rotatable bonds is 11. The molecule has 4 amide bonds. The van der Waals surface area contributed by atoms with E-state index in [9.17, 15) is 19.2 Å². The molecule has 4 aromatic carbocycles. The molecule has 0 aliphatic carbocycles. The summed E-state index contributed by atoms with van der Waals surface area (Å²) in [7, 11) is 0. The van der Waals surface area contributed by atoms with E-state index in [0.717, 1.165) is 97.6 Å². The Morgan fingerprint density at radius 1 is 0.737 bits per heavy atom. The standard InChI is InChI=1S/C46H48ClN5O5/c1-2-38(31-6-4-3-5-7-31)43(32-8-12-34(47)13-9-32)33-10-15-37(16-11-33)57-29-28-49-22-20-35(21-23-49)50-24-26-51(27-25-50)36-14-17-39-40(30-36)46(56)52(45(39)55)41-18-19-42(53)48-44(41)54/h3-17,30,35,41H,2,18-29H2,1H3,(H,48,53,54)/b43-38-. The summed E-state index contributed by atoms with van der Waals surface area (Å²) < 4.78 is 6.26. The number of piperazine rings is 1. The molecule has 4 aromatic rings. The molecule has 0 saturated carbocycles. The lowest BCUT2D eigenvalue weighted by atomic mass is 9.88. The van der Waals surface area contributed by atoms with E-state index in [0.29, 0.717) is 23.8 Å². The van der Waals surface area contributed by atoms with E-state index in [1.165, 1.54) is 16.7 Å². The van der Waals surface area contributed by atoms with Crippen molar-refractivity contribution in [3.63, 3.8) is 0 Å². The number of benzene rings is 4. The van der Waals surface area contributed by atoms with Crippen molar-refractivity contribution in [2.45, 2.75) is 51.1 Å². The molecular weight excluding hydrogens is 738 g/mol. The van der Waals surface area contributed by atoms with E-state index in [1.54, 1.807) is 12.1 Å². The van der Waals surface area contributed by atoms with Crippen LogP contribution >= 0.6 is 11.6 Å². The summed E-state index contributed by atoms with van der Waals surface area (Å²) in [5, 5.41) is 2.98. The van der Waals surface area contributed by atoms with Gasteiger partial charge in [-0.25, -0.2) is 0 Å². The van der Waals surface area contributed by atoms with Crippen LogP contribution in [-0.4, -0.2) is 103 Å². The van der Waals surface area contributed by atoms with Gasteiger partial charge in [0, 0.05) is 55.9 Å². The Balaban J connectivity index is 0.809. The van der Waals surface area contributed by atoms with Gasteiger partial charge in [0.1, 0.15) is 18.4 Å². The molecule has 4 aliphatic heterocycles. The molecule has 3 saturated heterocycles. The van der Waals surface area contributed by atoms with E-state index in [1.807, 2.05) is 24.3 Å². The number of ether oxygens (including phenoxy) is 1. The lowest BCUT2D eigenvalue weighted by Crippen LogP contribution is -2.54. The molecular formula is C46H48ClN5O5. The fraction of sp³-hybridized carbons (Fsp3) is 0.348. The van der Waals surface area contributed by atoms with Crippen LogP contribution in [0.2, 0.25) is 5.02 Å². The normalized spacial score (nSPS) is 20.1. The molecule has 57 heavy (non-hydrogen) atoms. The third-order valence-electron chi connectivity index (χ3n) is 11.9. The molecule has 0 radical (unpaired) electrons. The van der Waals surface area contributed by atoms with E-state index < -0.39 is 23.8 Å². The van der Waals surface area contributed by atoms with E-state index >= 15 is 0 Å². The van der Waals surface area contributed by atoms with Gasteiger partial charge in [0.15, 0.2) is 0 Å². The average Bonchev–Trinajstić information content (AvgIpc) is 3.49. The third kappa shape index (κ3) is 8.26. The summed E-state index contributed by atoms with van der Waals surface area (Å²) in [6.07, 6.45) is 3.37. The van der Waals surface area contributed by atoms with Gasteiger partial charge in [0.05, 0.1) is 11.1 Å². The first-order valence-electron chi connectivity index (χ1n) is 20.1. The molecule has 294 valence electrons. The number of nitrogens with zero attached hydrogens (tertiary/aromatic N) is 4. The average molecular weight is 786 g/mol. The number of carbonyl (C=O) groups is 4. The predicted molar refractivity (Wildman–Crippen MR) is 222 cm³/mol. The van der Waals surface area contributed by atoms with Crippen molar-refractivity contribution in [2.75, 3.05) is 57.3 Å². The first kappa shape index (κ1) is 38.6. The zero-order valence-corrected chi connectivity index (χ0v) is 33.0. The summed E-state index contributed by atoms with van der Waals surface area (Å²) in [6.45, 7) is 9.29. The number of hydrogen-bond donors (Lipinski definition) is 1. The number of nitrogens with one attached hydrogen (secondary N) is 1. The fourth-order valence-corrected chi connectivity index (χ4v) is 8.94. The van der Waals surface area contributed by atoms with Crippen molar-refractivity contribution < 1.29 is 23.9 Å². The summed E-state index contributed by atoms with van der Waals surface area (Å²) in [4.78, 5) is 58.9. The molecule has 3 fully saturated rings. The Morgan fingerprint density at radius 2 is 1.40 bits per heavy atom. The number of fused-ring (bicyclic) bond motifs is 1. The number of piperidine rings is 2. The summed E-state index contributed by atoms with van der Waals surface area (Å²) in [6, 6.07) is 32.1. The van der Waals surface area contributed by atoms with Crippen molar-refractivity contribution in [2.24, 2.45) is 0 Å². The van der Waals surface area contributed by atoms with Crippen molar-refractivity contribution in [3.05, 3.63) is 130 Å². The van der Waals surface area contributed by atoms with Gasteiger partial charge in [-0.2, -0.15) is 0 Å². The highest BCUT2D eigenvalue weighted by atomic mass is 35.5. The largest absolute Gasteiger partial charge is 0.492 e. The topological polar surface area (TPSA) is 102 Å². The highest BCUT2D eigenvalue weighted by Gasteiger charge is 2.45. The van der Waals surface area contributed by atoms with Gasteiger partial charge < -0.3 is 9.64 Å². The first-order chi connectivity index (χ1) is 27.8. The summed E-state index contributed by atoms with van der Waals surface area (Å²) in [5.41, 5.74) is 7.52. The maximum absolute atomic E-state index is 13.3. The Bertz CT molecular complexity index is 2160. The molecule has 1 unspecified atom stereocenters. The second-order valence-electron chi connectivity index (χ2n) is 15.2. The predicted octanol–water partition coefficient (Wildman–Crippen LogP) is 6.78. The van der Waals surface area contributed by atoms with Crippen LogP contribution in [0, 0.1) is 0 Å². The lowest BCUT2D eigenvalue weighted by Gasteiger charge is -2.43. The van der Waals surface area contributed by atoms with Gasteiger partial charge in [0.2, 0.25) is 11.8 Å². The van der Waals surface area contributed by atoms with Gasteiger partial charge in [-0.3, -0.25) is 39.2 Å². The number of allylic oxidation sites excluding steroid dienone is 1. The van der Waals surface area contributed by atoms with Gasteiger partial charge in [-0.15, -0.1) is 0 Å². The zero-order chi connectivity index (χ0) is 39.5. The number of hydrogen-bond acceptors (Lipinski definition) is 8. The fourth-order valence-electron chi connectivity index (χ4n) is 8.82. The van der Waals surface area contributed by atoms with Crippen LogP contribution in [0.5, 0.6) is 5.75 Å². The number of amides is 4. The quantitative estimate of drug-likeness (QED) is 0.131. The van der Waals surface area contributed by atoms with Crippen molar-refractivity contribution in [1.29, 1.82) is 0 Å². The lowest BCUT2D eigenvalue weighted by molar-refractivity contribution is -0.136. The SMILES string of the molecule is CC/C(=C(\c1ccc(Cl)cc1)c1ccc(OCCN2CCC(N3CCN(c4ccc5c(c4)C(=O)N(C4CCC(=O)NC4=O)C5=O)CC3)CC2)cc1)c1ccccc1. The second kappa shape index (κ2) is 17.1. The van der Waals surface area contributed by atoms with E-state index in [2.05, 4.69) is 87.6 Å². The Kier molecular flexibility index (Phi) is 11.5. The minimum atomic E-state index is -0.961. The van der Waals surface area contributed by atoms with Crippen molar-refractivity contribution in [1.82, 2.24) is 20.0 Å². The van der Waals surface area contributed by atoms with Crippen LogP contribution in [0.15, 0.2) is 97.1 Å². The monoisotopic (exact) mass is 785 g/mol. The second-order valence-corrected chi connectivity index (χ2v) is 15.7. The third-order valence-corrected chi connectivity index (χ3v) is 12.2. The molecule has 1 atom stereocenters. The Labute approximate surface area is 339 Å². The summed E-state index contributed by atoms with van der Waals surface area (Å²) in [5.74, 6) is -1.06.